The second-order valence-corrected chi connectivity index (χ2v) is 11.0. The number of amides is 3. The van der Waals surface area contributed by atoms with Gasteiger partial charge in [-0.3, -0.25) is 9.78 Å². The molecule has 2 aliphatic rings. The van der Waals surface area contributed by atoms with Gasteiger partial charge in [0.15, 0.2) is 0 Å². The van der Waals surface area contributed by atoms with Crippen LogP contribution in [0.4, 0.5) is 14.9 Å². The number of carbonyl (C=O) groups is 2. The van der Waals surface area contributed by atoms with Gasteiger partial charge in [-0.2, -0.15) is 0 Å². The lowest BCUT2D eigenvalue weighted by Crippen LogP contribution is -2.51. The fourth-order valence-electron chi connectivity index (χ4n) is 4.68. The number of nitrogens with one attached hydrogen (secondary N) is 2. The second kappa shape index (κ2) is 11.3. The molecule has 1 aliphatic carbocycles. The Bertz CT molecular complexity index is 1120. The number of hydrogen-bond acceptors (Lipinski definition) is 5. The Hall–Kier alpha value is -2.75. The first-order valence-corrected chi connectivity index (χ1v) is 13.2. The number of benzene rings is 1. The molecule has 2 heterocycles. The van der Waals surface area contributed by atoms with Crippen molar-refractivity contribution in [3.05, 3.63) is 59.7 Å². The summed E-state index contributed by atoms with van der Waals surface area (Å²) in [6.07, 6.45) is 4.78. The molecule has 5 N–H and O–H groups in total. The highest BCUT2D eigenvalue weighted by molar-refractivity contribution is 6.20. The van der Waals surface area contributed by atoms with Crippen LogP contribution in [-0.2, 0) is 10.3 Å². The van der Waals surface area contributed by atoms with E-state index in [9.17, 15) is 19.1 Å². The third-order valence-electron chi connectivity index (χ3n) is 7.39. The molecule has 3 amide bonds. The van der Waals surface area contributed by atoms with Gasteiger partial charge in [0.1, 0.15) is 11.9 Å². The van der Waals surface area contributed by atoms with E-state index in [-0.39, 0.29) is 30.1 Å². The van der Waals surface area contributed by atoms with Crippen molar-refractivity contribution in [3.8, 4) is 0 Å². The van der Waals surface area contributed by atoms with Crippen molar-refractivity contribution in [3.63, 3.8) is 0 Å². The average molecular weight is 532 g/mol. The fraction of sp³-hybridized carbons (Fsp3) is 0.519. The van der Waals surface area contributed by atoms with Gasteiger partial charge in [0, 0.05) is 25.2 Å². The molecule has 1 saturated carbocycles. The molecule has 2 fully saturated rings. The molecule has 200 valence electrons. The van der Waals surface area contributed by atoms with Gasteiger partial charge in [-0.1, -0.05) is 25.0 Å². The zero-order valence-electron chi connectivity index (χ0n) is 21.2. The van der Waals surface area contributed by atoms with Crippen LogP contribution >= 0.6 is 11.6 Å². The number of aromatic nitrogens is 1. The summed E-state index contributed by atoms with van der Waals surface area (Å²) in [6, 6.07) is 8.16. The maximum atomic E-state index is 14.9. The Morgan fingerprint density at radius 3 is 2.70 bits per heavy atom. The van der Waals surface area contributed by atoms with E-state index < -0.39 is 35.4 Å². The van der Waals surface area contributed by atoms with Gasteiger partial charge >= 0.3 is 6.03 Å². The Morgan fingerprint density at radius 2 is 2.05 bits per heavy atom. The lowest BCUT2D eigenvalue weighted by molar-refractivity contribution is -0.119. The number of alkyl halides is 1. The van der Waals surface area contributed by atoms with Crippen LogP contribution in [0.25, 0.3) is 0 Å². The molecule has 0 bridgehead atoms. The van der Waals surface area contributed by atoms with Crippen LogP contribution in [-0.4, -0.2) is 57.0 Å². The van der Waals surface area contributed by atoms with Gasteiger partial charge in [-0.25, -0.2) is 9.18 Å². The zero-order chi connectivity index (χ0) is 26.7. The highest BCUT2D eigenvalue weighted by Gasteiger charge is 2.40. The molecule has 1 aromatic heterocycles. The van der Waals surface area contributed by atoms with Gasteiger partial charge in [-0.15, -0.1) is 11.6 Å². The minimum Gasteiger partial charge on any atom is -0.391 e. The highest BCUT2D eigenvalue weighted by atomic mass is 35.5. The first-order chi connectivity index (χ1) is 17.6. The van der Waals surface area contributed by atoms with E-state index in [1.807, 2.05) is 18.2 Å². The van der Waals surface area contributed by atoms with E-state index in [2.05, 4.69) is 15.6 Å². The number of carbonyl (C=O) groups excluding carboxylic acids is 2. The summed E-state index contributed by atoms with van der Waals surface area (Å²) in [5, 5.41) is 15.2. The standard InChI is InChI=1S/C27H35ClFN5O3/c1-16(28)17(2)32-26(37)34-15-20(35)14-23(34)25(36)33-22-13-19(8-9-21(22)29)27(30,11-10-18-6-7-18)24-5-3-4-12-31-24/h3-5,8-9,12-13,16-18,20,23,35H,6-7,10-11,14-15,30H2,1-2H3,(H,32,37)(H,33,36)/t16-,17?,20-,23-,27?/m1/s1. The van der Waals surface area contributed by atoms with E-state index in [1.165, 1.54) is 23.8 Å². The monoisotopic (exact) mass is 531 g/mol. The number of anilines is 1. The second-order valence-electron chi connectivity index (χ2n) is 10.3. The minimum absolute atomic E-state index is 0.0113. The molecule has 5 atom stereocenters. The number of aliphatic hydroxyl groups excluding tert-OH is 1. The molecule has 1 aliphatic heterocycles. The lowest BCUT2D eigenvalue weighted by Gasteiger charge is -2.30. The number of likely N-dealkylation sites (tertiary alicyclic amines) is 1. The summed E-state index contributed by atoms with van der Waals surface area (Å²) in [4.78, 5) is 31.7. The van der Waals surface area contributed by atoms with Crippen molar-refractivity contribution in [1.29, 1.82) is 0 Å². The number of nitrogens with two attached hydrogens (primary N) is 1. The van der Waals surface area contributed by atoms with Crippen molar-refractivity contribution in [1.82, 2.24) is 15.2 Å². The smallest absolute Gasteiger partial charge is 0.318 e. The van der Waals surface area contributed by atoms with Gasteiger partial charge in [0.25, 0.3) is 0 Å². The largest absolute Gasteiger partial charge is 0.391 e. The lowest BCUT2D eigenvalue weighted by atomic mass is 9.82. The van der Waals surface area contributed by atoms with E-state index >= 15 is 0 Å². The third-order valence-corrected chi connectivity index (χ3v) is 7.77. The summed E-state index contributed by atoms with van der Waals surface area (Å²) >= 11 is 6.05. The normalized spacial score (nSPS) is 22.7. The molecule has 0 spiro atoms. The van der Waals surface area contributed by atoms with Crippen LogP contribution in [0, 0.1) is 11.7 Å². The maximum Gasteiger partial charge on any atom is 0.318 e. The zero-order valence-corrected chi connectivity index (χ0v) is 21.9. The molecular formula is C27H35ClFN5O3. The first-order valence-electron chi connectivity index (χ1n) is 12.8. The Balaban J connectivity index is 1.56. The molecule has 2 unspecified atom stereocenters. The number of pyridine rings is 1. The Morgan fingerprint density at radius 1 is 1.30 bits per heavy atom. The summed E-state index contributed by atoms with van der Waals surface area (Å²) in [5.41, 5.74) is 7.25. The molecule has 4 rings (SSSR count). The van der Waals surface area contributed by atoms with Crippen LogP contribution < -0.4 is 16.4 Å². The van der Waals surface area contributed by atoms with Gasteiger partial charge in [-0.05, 0) is 62.4 Å². The van der Waals surface area contributed by atoms with Crippen LogP contribution in [0.5, 0.6) is 0 Å². The number of hydrogen-bond donors (Lipinski definition) is 4. The molecule has 1 saturated heterocycles. The quantitative estimate of drug-likeness (QED) is 0.368. The SMILES string of the molecule is CC(NC(=O)N1C[C@H](O)C[C@@H]1C(=O)Nc1cc(C(N)(CCC2CC2)c2ccccn2)ccc1F)[C@@H](C)Cl. The van der Waals surface area contributed by atoms with Crippen molar-refractivity contribution in [2.24, 2.45) is 11.7 Å². The van der Waals surface area contributed by atoms with E-state index in [4.69, 9.17) is 17.3 Å². The predicted molar refractivity (Wildman–Crippen MR) is 141 cm³/mol. The molecule has 10 heteroatoms. The van der Waals surface area contributed by atoms with Crippen LogP contribution in [0.3, 0.4) is 0 Å². The fourth-order valence-corrected chi connectivity index (χ4v) is 4.74. The van der Waals surface area contributed by atoms with Crippen molar-refractivity contribution < 1.29 is 19.1 Å². The molecule has 0 radical (unpaired) electrons. The van der Waals surface area contributed by atoms with Crippen molar-refractivity contribution >= 4 is 29.2 Å². The summed E-state index contributed by atoms with van der Waals surface area (Å²) < 4.78 is 14.9. The number of aliphatic hydroxyl groups is 1. The van der Waals surface area contributed by atoms with Crippen molar-refractivity contribution in [2.45, 2.75) is 75.1 Å². The Kier molecular flexibility index (Phi) is 8.36. The molecule has 2 aromatic rings. The summed E-state index contributed by atoms with van der Waals surface area (Å²) in [6.45, 7) is 3.49. The molecule has 37 heavy (non-hydrogen) atoms. The van der Waals surface area contributed by atoms with Gasteiger partial charge in [0.05, 0.1) is 28.4 Å². The van der Waals surface area contributed by atoms with Crippen molar-refractivity contribution in [2.75, 3.05) is 11.9 Å². The summed E-state index contributed by atoms with van der Waals surface area (Å²) in [5.74, 6) is -0.573. The number of β-amino-alcohol motifs (C(OH)–C–C–N with tert-alkyl or cyclic N) is 1. The van der Waals surface area contributed by atoms with E-state index in [0.717, 1.165) is 6.42 Å². The average Bonchev–Trinajstić information content (AvgIpc) is 3.63. The van der Waals surface area contributed by atoms with Gasteiger partial charge in [0.2, 0.25) is 5.91 Å². The molecular weight excluding hydrogens is 497 g/mol. The molecule has 1 aromatic carbocycles. The highest BCUT2D eigenvalue weighted by Crippen LogP contribution is 2.40. The van der Waals surface area contributed by atoms with E-state index in [1.54, 1.807) is 32.2 Å². The predicted octanol–water partition coefficient (Wildman–Crippen LogP) is 3.71. The van der Waals surface area contributed by atoms with E-state index in [0.29, 0.717) is 23.6 Å². The van der Waals surface area contributed by atoms with Crippen LogP contribution in [0.15, 0.2) is 42.6 Å². The maximum absolute atomic E-state index is 14.9. The third kappa shape index (κ3) is 6.40. The molecule has 8 nitrogen and oxygen atoms in total. The van der Waals surface area contributed by atoms with Gasteiger partial charge < -0.3 is 26.4 Å². The first kappa shape index (κ1) is 27.3. The number of rotatable bonds is 9. The van der Waals surface area contributed by atoms with Crippen LogP contribution in [0.1, 0.15) is 57.2 Å². The topological polar surface area (TPSA) is 121 Å². The number of urea groups is 1. The summed E-state index contributed by atoms with van der Waals surface area (Å²) in [7, 11) is 0. The number of nitrogens with zero attached hydrogens (tertiary/aromatic N) is 2. The minimum atomic E-state index is -0.968. The number of halogens is 2. The Labute approximate surface area is 221 Å². The van der Waals surface area contributed by atoms with Crippen LogP contribution in [0.2, 0.25) is 0 Å².